The van der Waals surface area contributed by atoms with Gasteiger partial charge in [-0.1, -0.05) is 6.07 Å². The van der Waals surface area contributed by atoms with E-state index in [-0.39, 0.29) is 17.9 Å². The summed E-state index contributed by atoms with van der Waals surface area (Å²) in [7, 11) is 0. The third kappa shape index (κ3) is 3.52. The van der Waals surface area contributed by atoms with Crippen LogP contribution in [0.3, 0.4) is 0 Å². The molecule has 0 fully saturated rings. The van der Waals surface area contributed by atoms with Crippen molar-refractivity contribution in [1.82, 2.24) is 14.8 Å². The fourth-order valence-electron chi connectivity index (χ4n) is 2.99. The molecule has 6 nitrogen and oxygen atoms in total. The van der Waals surface area contributed by atoms with Gasteiger partial charge in [-0.15, -0.1) is 11.3 Å². The Morgan fingerprint density at radius 2 is 2.07 bits per heavy atom. The van der Waals surface area contributed by atoms with Crippen LogP contribution in [0.5, 0.6) is 0 Å². The second-order valence-electron chi connectivity index (χ2n) is 6.05. The molecule has 27 heavy (non-hydrogen) atoms. The molecule has 0 saturated carbocycles. The molecule has 2 atom stereocenters. The molecule has 2 unspecified atom stereocenters. The third-order valence-corrected chi connectivity index (χ3v) is 5.23. The van der Waals surface area contributed by atoms with Gasteiger partial charge in [-0.2, -0.15) is 18.3 Å². The quantitative estimate of drug-likeness (QED) is 0.698. The zero-order chi connectivity index (χ0) is 19.0. The molecule has 140 valence electrons. The van der Waals surface area contributed by atoms with Crippen LogP contribution >= 0.6 is 11.3 Å². The van der Waals surface area contributed by atoms with Gasteiger partial charge in [0.25, 0.3) is 5.91 Å². The largest absolute Gasteiger partial charge is 0.410 e. The van der Waals surface area contributed by atoms with Gasteiger partial charge >= 0.3 is 6.18 Å². The highest BCUT2D eigenvalue weighted by atomic mass is 32.1. The number of amides is 1. The van der Waals surface area contributed by atoms with Gasteiger partial charge in [-0.25, -0.2) is 4.68 Å². The van der Waals surface area contributed by atoms with Crippen molar-refractivity contribution in [3.05, 3.63) is 58.7 Å². The molecule has 3 aromatic heterocycles. The normalized spacial score (nSPS) is 19.2. The van der Waals surface area contributed by atoms with Crippen molar-refractivity contribution in [2.45, 2.75) is 24.7 Å². The minimum Gasteiger partial charge on any atom is -0.363 e. The van der Waals surface area contributed by atoms with Gasteiger partial charge in [-0.05, 0) is 23.6 Å². The maximum absolute atomic E-state index is 13.6. The first-order valence-electron chi connectivity index (χ1n) is 8.09. The number of nitrogens with one attached hydrogen (secondary N) is 2. The molecule has 4 heterocycles. The number of alkyl halides is 3. The van der Waals surface area contributed by atoms with E-state index in [1.165, 1.54) is 29.8 Å². The number of hydrogen-bond acceptors (Lipinski definition) is 5. The molecular formula is C17H14F3N5OS. The maximum Gasteiger partial charge on any atom is 0.410 e. The number of pyridine rings is 1. The van der Waals surface area contributed by atoms with Gasteiger partial charge in [0.15, 0.2) is 11.7 Å². The number of rotatable bonds is 3. The van der Waals surface area contributed by atoms with E-state index < -0.39 is 24.2 Å². The van der Waals surface area contributed by atoms with Gasteiger partial charge in [0.2, 0.25) is 0 Å². The Kier molecular flexibility index (Phi) is 4.34. The highest BCUT2D eigenvalue weighted by Gasteiger charge is 2.47. The van der Waals surface area contributed by atoms with Crippen molar-refractivity contribution < 1.29 is 18.0 Å². The average molecular weight is 393 g/mol. The summed E-state index contributed by atoms with van der Waals surface area (Å²) in [6.07, 6.45) is -1.66. The Morgan fingerprint density at radius 3 is 2.74 bits per heavy atom. The summed E-state index contributed by atoms with van der Waals surface area (Å²) in [5, 5.41) is 11.4. The summed E-state index contributed by atoms with van der Waals surface area (Å²) < 4.78 is 41.7. The van der Waals surface area contributed by atoms with E-state index >= 15 is 0 Å². The Balaban J connectivity index is 1.64. The molecule has 1 amide bonds. The fraction of sp³-hybridized carbons (Fsp3) is 0.235. The van der Waals surface area contributed by atoms with Crippen molar-refractivity contribution in [3.8, 4) is 0 Å². The van der Waals surface area contributed by atoms with Crippen molar-refractivity contribution in [2.24, 2.45) is 0 Å². The summed E-state index contributed by atoms with van der Waals surface area (Å²) in [6, 6.07) is 5.80. The molecule has 4 rings (SSSR count). The lowest BCUT2D eigenvalue weighted by atomic mass is 10.0. The molecule has 3 aromatic rings. The molecule has 1 aliphatic rings. The molecule has 0 spiro atoms. The lowest BCUT2D eigenvalue weighted by molar-refractivity contribution is -0.173. The topological polar surface area (TPSA) is 71.8 Å². The Labute approximate surface area is 156 Å². The monoisotopic (exact) mass is 393 g/mol. The van der Waals surface area contributed by atoms with Gasteiger partial charge in [0, 0.05) is 35.4 Å². The minimum absolute atomic E-state index is 0.0876. The SMILES string of the molecule is O=C(Nc1ccncc1)c1cc2n(n1)C(C(F)(F)F)CC(c1cccs1)N2. The first kappa shape index (κ1) is 17.5. The molecule has 0 saturated heterocycles. The minimum atomic E-state index is -4.47. The van der Waals surface area contributed by atoms with E-state index in [0.717, 1.165) is 9.56 Å². The number of aromatic nitrogens is 3. The molecule has 0 aliphatic carbocycles. The van der Waals surface area contributed by atoms with Crippen LogP contribution in [0.1, 0.15) is 33.9 Å². The molecule has 2 N–H and O–H groups in total. The Morgan fingerprint density at radius 1 is 1.30 bits per heavy atom. The van der Waals surface area contributed by atoms with Crippen LogP contribution in [-0.2, 0) is 0 Å². The van der Waals surface area contributed by atoms with Gasteiger partial charge in [-0.3, -0.25) is 9.78 Å². The van der Waals surface area contributed by atoms with E-state index in [0.29, 0.717) is 5.69 Å². The van der Waals surface area contributed by atoms with Crippen LogP contribution in [0.2, 0.25) is 0 Å². The maximum atomic E-state index is 13.6. The fourth-order valence-corrected chi connectivity index (χ4v) is 3.78. The molecular weight excluding hydrogens is 379 g/mol. The van der Waals surface area contributed by atoms with E-state index in [9.17, 15) is 18.0 Å². The average Bonchev–Trinajstić information content (AvgIpc) is 3.30. The smallest absolute Gasteiger partial charge is 0.363 e. The second kappa shape index (κ2) is 6.69. The highest BCUT2D eigenvalue weighted by Crippen LogP contribution is 2.44. The molecule has 0 aromatic carbocycles. The molecule has 0 radical (unpaired) electrons. The van der Waals surface area contributed by atoms with Crippen molar-refractivity contribution >= 4 is 28.7 Å². The first-order chi connectivity index (χ1) is 12.9. The van der Waals surface area contributed by atoms with Crippen molar-refractivity contribution in [1.29, 1.82) is 0 Å². The lowest BCUT2D eigenvalue weighted by Crippen LogP contribution is -2.35. The number of thiophene rings is 1. The summed E-state index contributed by atoms with van der Waals surface area (Å²) in [5.74, 6) is -0.416. The van der Waals surface area contributed by atoms with Gasteiger partial charge < -0.3 is 10.6 Å². The number of carbonyl (C=O) groups excluding carboxylic acids is 1. The number of carbonyl (C=O) groups is 1. The number of halogens is 3. The number of fused-ring (bicyclic) bond motifs is 1. The molecule has 0 bridgehead atoms. The summed E-state index contributed by atoms with van der Waals surface area (Å²) >= 11 is 1.39. The van der Waals surface area contributed by atoms with Crippen LogP contribution in [0, 0.1) is 0 Å². The number of nitrogens with zero attached hydrogens (tertiary/aromatic N) is 3. The van der Waals surface area contributed by atoms with E-state index in [2.05, 4.69) is 20.7 Å². The summed E-state index contributed by atoms with van der Waals surface area (Å²) in [6.45, 7) is 0. The predicted octanol–water partition coefficient (Wildman–Crippen LogP) is 4.25. The molecule has 10 heteroatoms. The predicted molar refractivity (Wildman–Crippen MR) is 94.8 cm³/mol. The standard InChI is InChI=1S/C17H14F3N5OS/c18-17(19,20)14-8-11(13-2-1-7-27-13)23-15-9-12(24-25(14)15)16(26)22-10-3-5-21-6-4-10/h1-7,9,11,14,23H,8H2,(H,21,22,26). The molecule has 1 aliphatic heterocycles. The van der Waals surface area contributed by atoms with E-state index in [4.69, 9.17) is 0 Å². The zero-order valence-corrected chi connectivity index (χ0v) is 14.6. The lowest BCUT2D eigenvalue weighted by Gasteiger charge is -2.32. The van der Waals surface area contributed by atoms with E-state index in [1.807, 2.05) is 5.38 Å². The first-order valence-corrected chi connectivity index (χ1v) is 8.97. The van der Waals surface area contributed by atoms with Crippen LogP contribution in [0.15, 0.2) is 48.1 Å². The van der Waals surface area contributed by atoms with E-state index in [1.54, 1.807) is 24.3 Å². The van der Waals surface area contributed by atoms with Crippen LogP contribution in [-0.4, -0.2) is 26.8 Å². The summed E-state index contributed by atoms with van der Waals surface area (Å²) in [5.41, 5.74) is 0.396. The van der Waals surface area contributed by atoms with Gasteiger partial charge in [0.05, 0.1) is 6.04 Å². The third-order valence-electron chi connectivity index (χ3n) is 4.25. The Bertz CT molecular complexity index is 939. The van der Waals surface area contributed by atoms with Gasteiger partial charge in [0.1, 0.15) is 5.82 Å². The number of hydrogen-bond donors (Lipinski definition) is 2. The Hall–Kier alpha value is -2.88. The van der Waals surface area contributed by atoms with Crippen molar-refractivity contribution in [3.63, 3.8) is 0 Å². The van der Waals surface area contributed by atoms with Crippen LogP contribution < -0.4 is 10.6 Å². The number of anilines is 2. The van der Waals surface area contributed by atoms with Crippen LogP contribution in [0.25, 0.3) is 0 Å². The van der Waals surface area contributed by atoms with Crippen molar-refractivity contribution in [2.75, 3.05) is 10.6 Å². The summed E-state index contributed by atoms with van der Waals surface area (Å²) in [4.78, 5) is 17.0. The second-order valence-corrected chi connectivity index (χ2v) is 7.03. The van der Waals surface area contributed by atoms with Crippen LogP contribution in [0.4, 0.5) is 24.7 Å². The zero-order valence-electron chi connectivity index (χ0n) is 13.8. The highest BCUT2D eigenvalue weighted by molar-refractivity contribution is 7.10.